The molecule has 2 atom stereocenters. The van der Waals surface area contributed by atoms with E-state index >= 15 is 0 Å². The average molecular weight is 522 g/mol. The SMILES string of the molecule is NC(=O)C1CCN(C(=O)c2ccc(/C=C3/SC4CCCCC4N(Cc4ccccc4F)C3=O)cc2)CC1. The number of hydrogen-bond donors (Lipinski definition) is 1. The van der Waals surface area contributed by atoms with Gasteiger partial charge in [0.25, 0.3) is 11.8 Å². The number of benzene rings is 2. The van der Waals surface area contributed by atoms with Crippen LogP contribution in [0.1, 0.15) is 60.0 Å². The molecule has 1 saturated carbocycles. The third kappa shape index (κ3) is 5.59. The molecule has 0 aromatic heterocycles. The van der Waals surface area contributed by atoms with Crippen molar-refractivity contribution >= 4 is 35.6 Å². The van der Waals surface area contributed by atoms with Gasteiger partial charge in [-0.1, -0.05) is 43.2 Å². The summed E-state index contributed by atoms with van der Waals surface area (Å²) in [4.78, 5) is 42.2. The van der Waals surface area contributed by atoms with E-state index in [1.165, 1.54) is 6.07 Å². The van der Waals surface area contributed by atoms with Crippen LogP contribution in [-0.2, 0) is 16.1 Å². The Bertz CT molecular complexity index is 1210. The maximum Gasteiger partial charge on any atom is 0.260 e. The number of piperidine rings is 1. The number of likely N-dealkylation sites (tertiary alicyclic amines) is 1. The number of nitrogens with zero attached hydrogens (tertiary/aromatic N) is 2. The van der Waals surface area contributed by atoms with Crippen molar-refractivity contribution in [3.05, 3.63) is 75.9 Å². The van der Waals surface area contributed by atoms with Crippen LogP contribution in [0.25, 0.3) is 6.08 Å². The summed E-state index contributed by atoms with van der Waals surface area (Å²) in [6, 6.07) is 14.1. The average Bonchev–Trinajstić information content (AvgIpc) is 2.92. The van der Waals surface area contributed by atoms with Gasteiger partial charge < -0.3 is 15.5 Å². The van der Waals surface area contributed by atoms with Crippen molar-refractivity contribution in [1.29, 1.82) is 0 Å². The van der Waals surface area contributed by atoms with E-state index in [2.05, 4.69) is 0 Å². The Morgan fingerprint density at radius 1 is 1.00 bits per heavy atom. The van der Waals surface area contributed by atoms with E-state index in [1.807, 2.05) is 23.1 Å². The topological polar surface area (TPSA) is 83.7 Å². The molecule has 194 valence electrons. The molecule has 2 saturated heterocycles. The lowest BCUT2D eigenvalue weighted by atomic mass is 9.92. The van der Waals surface area contributed by atoms with E-state index < -0.39 is 0 Å². The highest BCUT2D eigenvalue weighted by Crippen LogP contribution is 2.42. The summed E-state index contributed by atoms with van der Waals surface area (Å²) in [5.41, 5.74) is 7.36. The number of halogens is 1. The van der Waals surface area contributed by atoms with Crippen LogP contribution in [0.5, 0.6) is 0 Å². The fourth-order valence-corrected chi connectivity index (χ4v) is 7.07. The molecule has 8 heteroatoms. The quantitative estimate of drug-likeness (QED) is 0.584. The summed E-state index contributed by atoms with van der Waals surface area (Å²) in [6.45, 7) is 1.30. The smallest absolute Gasteiger partial charge is 0.260 e. The molecule has 5 rings (SSSR count). The molecule has 1 aliphatic carbocycles. The molecule has 6 nitrogen and oxygen atoms in total. The third-order valence-electron chi connectivity index (χ3n) is 7.76. The fourth-order valence-electron chi connectivity index (χ4n) is 5.59. The van der Waals surface area contributed by atoms with Crippen LogP contribution in [0.3, 0.4) is 0 Å². The van der Waals surface area contributed by atoms with Crippen LogP contribution in [0.2, 0.25) is 0 Å². The van der Waals surface area contributed by atoms with Gasteiger partial charge in [0.05, 0.1) is 4.91 Å². The summed E-state index contributed by atoms with van der Waals surface area (Å²) < 4.78 is 14.4. The van der Waals surface area contributed by atoms with Crippen molar-refractivity contribution in [1.82, 2.24) is 9.80 Å². The second kappa shape index (κ2) is 11.1. The van der Waals surface area contributed by atoms with Crippen molar-refractivity contribution in [2.45, 2.75) is 56.4 Å². The van der Waals surface area contributed by atoms with E-state index in [-0.39, 0.29) is 42.0 Å². The van der Waals surface area contributed by atoms with Crippen LogP contribution in [-0.4, -0.2) is 51.9 Å². The molecule has 37 heavy (non-hydrogen) atoms. The second-order valence-corrected chi connectivity index (χ2v) is 11.4. The number of rotatable bonds is 5. The molecule has 0 radical (unpaired) electrons. The Morgan fingerprint density at radius 3 is 2.41 bits per heavy atom. The zero-order valence-corrected chi connectivity index (χ0v) is 21.6. The highest BCUT2D eigenvalue weighted by molar-refractivity contribution is 8.04. The number of hydrogen-bond acceptors (Lipinski definition) is 4. The number of carbonyl (C=O) groups excluding carboxylic acids is 3. The summed E-state index contributed by atoms with van der Waals surface area (Å²) in [7, 11) is 0. The third-order valence-corrected chi connectivity index (χ3v) is 9.16. The first-order valence-corrected chi connectivity index (χ1v) is 13.9. The van der Waals surface area contributed by atoms with Crippen molar-refractivity contribution in [3.63, 3.8) is 0 Å². The lowest BCUT2D eigenvalue weighted by Gasteiger charge is -2.44. The number of nitrogens with two attached hydrogens (primary N) is 1. The van der Waals surface area contributed by atoms with E-state index in [0.717, 1.165) is 31.2 Å². The van der Waals surface area contributed by atoms with Crippen LogP contribution < -0.4 is 5.73 Å². The normalized spacial score (nSPS) is 23.7. The van der Waals surface area contributed by atoms with Crippen LogP contribution in [0.15, 0.2) is 53.4 Å². The Labute approximate surface area is 221 Å². The summed E-state index contributed by atoms with van der Waals surface area (Å²) in [5.74, 6) is -0.873. The maximum atomic E-state index is 14.4. The van der Waals surface area contributed by atoms with Gasteiger partial charge in [-0.2, -0.15) is 0 Å². The molecule has 3 amide bonds. The zero-order valence-electron chi connectivity index (χ0n) is 20.8. The van der Waals surface area contributed by atoms with Gasteiger partial charge in [-0.25, -0.2) is 4.39 Å². The van der Waals surface area contributed by atoms with Gasteiger partial charge in [-0.3, -0.25) is 14.4 Å². The Morgan fingerprint density at radius 2 is 1.70 bits per heavy atom. The molecular weight excluding hydrogens is 489 g/mol. The fraction of sp³-hybridized carbons (Fsp3) is 0.414. The monoisotopic (exact) mass is 521 g/mol. The summed E-state index contributed by atoms with van der Waals surface area (Å²) in [5, 5.41) is 0.300. The number of primary amides is 1. The molecule has 2 aliphatic heterocycles. The van der Waals surface area contributed by atoms with Gasteiger partial charge in [0.2, 0.25) is 5.91 Å². The molecule has 3 fully saturated rings. The lowest BCUT2D eigenvalue weighted by Crippen LogP contribution is -2.50. The number of carbonyl (C=O) groups is 3. The zero-order chi connectivity index (χ0) is 25.9. The van der Waals surface area contributed by atoms with E-state index in [0.29, 0.717) is 47.2 Å². The minimum absolute atomic E-state index is 0.0612. The minimum atomic E-state index is -0.299. The lowest BCUT2D eigenvalue weighted by molar-refractivity contribution is -0.130. The predicted molar refractivity (Wildman–Crippen MR) is 143 cm³/mol. The van der Waals surface area contributed by atoms with Crippen molar-refractivity contribution in [2.24, 2.45) is 11.7 Å². The van der Waals surface area contributed by atoms with Crippen molar-refractivity contribution in [3.8, 4) is 0 Å². The largest absolute Gasteiger partial charge is 0.369 e. The highest BCUT2D eigenvalue weighted by Gasteiger charge is 2.40. The van der Waals surface area contributed by atoms with E-state index in [4.69, 9.17) is 5.73 Å². The molecule has 0 bridgehead atoms. The van der Waals surface area contributed by atoms with Crippen LogP contribution in [0, 0.1) is 11.7 Å². The van der Waals surface area contributed by atoms with Gasteiger partial charge >= 0.3 is 0 Å². The van der Waals surface area contributed by atoms with E-state index in [1.54, 1.807) is 47.0 Å². The molecule has 2 aromatic rings. The second-order valence-electron chi connectivity index (χ2n) is 10.1. The molecule has 2 aromatic carbocycles. The number of thioether (sulfide) groups is 1. The first-order valence-electron chi connectivity index (χ1n) is 13.0. The Hall–Kier alpha value is -3.13. The van der Waals surface area contributed by atoms with Gasteiger partial charge in [-0.05, 0) is 55.5 Å². The van der Waals surface area contributed by atoms with Gasteiger partial charge in [0, 0.05) is 48.0 Å². The highest BCUT2D eigenvalue weighted by atomic mass is 32.2. The molecule has 3 aliphatic rings. The molecule has 2 N–H and O–H groups in total. The van der Waals surface area contributed by atoms with Gasteiger partial charge in [-0.15, -0.1) is 11.8 Å². The summed E-state index contributed by atoms with van der Waals surface area (Å²) >= 11 is 1.64. The molecule has 2 unspecified atom stereocenters. The van der Waals surface area contributed by atoms with Crippen LogP contribution >= 0.6 is 11.8 Å². The predicted octanol–water partition coefficient (Wildman–Crippen LogP) is 4.59. The minimum Gasteiger partial charge on any atom is -0.369 e. The Balaban J connectivity index is 1.32. The number of fused-ring (bicyclic) bond motifs is 1. The number of amides is 3. The molecule has 0 spiro atoms. The van der Waals surface area contributed by atoms with Crippen molar-refractivity contribution in [2.75, 3.05) is 13.1 Å². The first-order chi connectivity index (χ1) is 17.9. The molecular formula is C29H32FN3O3S. The Kier molecular flexibility index (Phi) is 7.65. The maximum absolute atomic E-state index is 14.4. The van der Waals surface area contributed by atoms with Gasteiger partial charge in [0.1, 0.15) is 5.82 Å². The standard InChI is InChI=1S/C29H32FN3O3S/c30-23-6-2-1-5-22(23)18-33-24-7-3-4-8-25(24)37-26(29(33)36)17-19-9-11-21(12-10-19)28(35)32-15-13-20(14-16-32)27(31)34/h1-2,5-6,9-12,17,20,24-25H,3-4,7-8,13-16,18H2,(H2,31,34)/b26-17+. The van der Waals surface area contributed by atoms with Crippen molar-refractivity contribution < 1.29 is 18.8 Å². The summed E-state index contributed by atoms with van der Waals surface area (Å²) in [6.07, 6.45) is 7.27. The first kappa shape index (κ1) is 25.5. The van der Waals surface area contributed by atoms with Gasteiger partial charge in [0.15, 0.2) is 0 Å². The van der Waals surface area contributed by atoms with Crippen LogP contribution in [0.4, 0.5) is 4.39 Å². The van der Waals surface area contributed by atoms with E-state index in [9.17, 15) is 18.8 Å². The molecule has 2 heterocycles.